The molecule has 2 atom stereocenters. The molecule has 1 rings (SSSR count). The van der Waals surface area contributed by atoms with E-state index >= 15 is 0 Å². The molecule has 0 bridgehead atoms. The third-order valence-corrected chi connectivity index (χ3v) is 2.58. The van der Waals surface area contributed by atoms with Crippen LogP contribution in [-0.4, -0.2) is 11.9 Å². The molecule has 0 radical (unpaired) electrons. The molecule has 16 heavy (non-hydrogen) atoms. The molecular weight excluding hydrogens is 228 g/mol. The molecule has 5 heteroatoms. The van der Waals surface area contributed by atoms with Crippen LogP contribution in [0.1, 0.15) is 26.0 Å². The third-order valence-electron chi connectivity index (χ3n) is 2.58. The number of halogens is 1. The van der Waals surface area contributed by atoms with Crippen LogP contribution in [0.2, 0.25) is 0 Å². The lowest BCUT2D eigenvalue weighted by Crippen LogP contribution is -2.44. The molecule has 3 N–H and O–H groups in total. The molecule has 1 aromatic rings. The van der Waals surface area contributed by atoms with Gasteiger partial charge in [-0.15, -0.1) is 12.4 Å². The van der Waals surface area contributed by atoms with Crippen LogP contribution in [0.3, 0.4) is 0 Å². The molecule has 0 aliphatic heterocycles. The van der Waals surface area contributed by atoms with Gasteiger partial charge >= 0.3 is 0 Å². The zero-order chi connectivity index (χ0) is 11.3. The number of carbonyl (C=O) groups is 1. The van der Waals surface area contributed by atoms with Gasteiger partial charge in [0.15, 0.2) is 0 Å². The summed E-state index contributed by atoms with van der Waals surface area (Å²) in [6, 6.07) is 3.16. The van der Waals surface area contributed by atoms with Crippen LogP contribution in [0.5, 0.6) is 0 Å². The van der Waals surface area contributed by atoms with Gasteiger partial charge in [-0.25, -0.2) is 0 Å². The first-order chi connectivity index (χ1) is 7.15. The minimum absolute atomic E-state index is 0. The highest BCUT2D eigenvalue weighted by Gasteiger charge is 2.18. The van der Waals surface area contributed by atoms with Crippen molar-refractivity contribution in [1.82, 2.24) is 5.32 Å². The second kappa shape index (κ2) is 7.30. The highest BCUT2D eigenvalue weighted by atomic mass is 35.5. The molecule has 1 heterocycles. The molecule has 1 aromatic heterocycles. The summed E-state index contributed by atoms with van der Waals surface area (Å²) in [6.07, 6.45) is 2.48. The highest BCUT2D eigenvalue weighted by Crippen LogP contribution is 2.05. The van der Waals surface area contributed by atoms with Crippen LogP contribution < -0.4 is 11.1 Å². The van der Waals surface area contributed by atoms with Crippen LogP contribution >= 0.6 is 12.4 Å². The lowest BCUT2D eigenvalue weighted by atomic mass is 9.99. The number of hydrogen-bond donors (Lipinski definition) is 2. The van der Waals surface area contributed by atoms with Crippen LogP contribution in [0.4, 0.5) is 0 Å². The minimum atomic E-state index is -0.440. The van der Waals surface area contributed by atoms with Crippen molar-refractivity contribution in [2.45, 2.75) is 32.9 Å². The summed E-state index contributed by atoms with van der Waals surface area (Å²) in [7, 11) is 0. The Morgan fingerprint density at radius 1 is 1.62 bits per heavy atom. The Labute approximate surface area is 102 Å². The quantitative estimate of drug-likeness (QED) is 0.831. The van der Waals surface area contributed by atoms with Gasteiger partial charge in [0.05, 0.1) is 18.8 Å². The SMILES string of the molecule is CCC(C)C(N)C(=O)NCc1ccco1.Cl. The number of nitrogens with two attached hydrogens (primary N) is 1. The summed E-state index contributed by atoms with van der Waals surface area (Å²) in [5.74, 6) is 0.807. The van der Waals surface area contributed by atoms with Crippen molar-refractivity contribution in [2.24, 2.45) is 11.7 Å². The van der Waals surface area contributed by atoms with Gasteiger partial charge in [0.25, 0.3) is 0 Å². The number of furan rings is 1. The zero-order valence-corrected chi connectivity index (χ0v) is 10.4. The number of hydrogen-bond acceptors (Lipinski definition) is 3. The summed E-state index contributed by atoms with van der Waals surface area (Å²) in [4.78, 5) is 11.6. The maximum absolute atomic E-state index is 11.6. The first-order valence-electron chi connectivity index (χ1n) is 5.20. The first kappa shape index (κ1) is 15.0. The molecule has 0 aliphatic carbocycles. The Bertz CT molecular complexity index is 301. The molecule has 2 unspecified atom stereocenters. The van der Waals surface area contributed by atoms with Gasteiger partial charge in [0.2, 0.25) is 5.91 Å². The van der Waals surface area contributed by atoms with Crippen molar-refractivity contribution in [1.29, 1.82) is 0 Å². The van der Waals surface area contributed by atoms with Crippen LogP contribution in [0, 0.1) is 5.92 Å². The van der Waals surface area contributed by atoms with Crippen molar-refractivity contribution < 1.29 is 9.21 Å². The van der Waals surface area contributed by atoms with E-state index in [-0.39, 0.29) is 24.2 Å². The van der Waals surface area contributed by atoms with Gasteiger partial charge in [-0.05, 0) is 18.1 Å². The average Bonchev–Trinajstić information content (AvgIpc) is 2.76. The highest BCUT2D eigenvalue weighted by molar-refractivity contribution is 5.85. The van der Waals surface area contributed by atoms with Gasteiger partial charge in [-0.2, -0.15) is 0 Å². The average molecular weight is 247 g/mol. The molecule has 0 aromatic carbocycles. The van der Waals surface area contributed by atoms with Crippen LogP contribution in [0.25, 0.3) is 0 Å². The van der Waals surface area contributed by atoms with E-state index in [9.17, 15) is 4.79 Å². The number of carbonyl (C=O) groups excluding carboxylic acids is 1. The predicted octanol–water partition coefficient (Wildman–Crippen LogP) is 1.69. The second-order valence-corrected chi connectivity index (χ2v) is 3.71. The Balaban J connectivity index is 0.00000225. The summed E-state index contributed by atoms with van der Waals surface area (Å²) < 4.78 is 5.09. The van der Waals surface area contributed by atoms with E-state index in [1.807, 2.05) is 19.9 Å². The molecular formula is C11H19ClN2O2. The van der Waals surface area contributed by atoms with E-state index < -0.39 is 6.04 Å². The topological polar surface area (TPSA) is 68.3 Å². The van der Waals surface area contributed by atoms with Crippen molar-refractivity contribution in [3.63, 3.8) is 0 Å². The monoisotopic (exact) mass is 246 g/mol. The lowest BCUT2D eigenvalue weighted by molar-refractivity contribution is -0.123. The van der Waals surface area contributed by atoms with Gasteiger partial charge in [-0.3, -0.25) is 4.79 Å². The Morgan fingerprint density at radius 3 is 2.81 bits per heavy atom. The number of amides is 1. The smallest absolute Gasteiger partial charge is 0.237 e. The largest absolute Gasteiger partial charge is 0.467 e. The molecule has 0 aliphatic rings. The minimum Gasteiger partial charge on any atom is -0.467 e. The van der Waals surface area contributed by atoms with Crippen molar-refractivity contribution >= 4 is 18.3 Å². The van der Waals surface area contributed by atoms with E-state index in [1.54, 1.807) is 12.3 Å². The van der Waals surface area contributed by atoms with Gasteiger partial charge in [0, 0.05) is 0 Å². The molecule has 4 nitrogen and oxygen atoms in total. The summed E-state index contributed by atoms with van der Waals surface area (Å²) >= 11 is 0. The van der Waals surface area contributed by atoms with Crippen molar-refractivity contribution in [2.75, 3.05) is 0 Å². The van der Waals surface area contributed by atoms with Crippen molar-refractivity contribution in [3.8, 4) is 0 Å². The normalized spacial score (nSPS) is 13.7. The second-order valence-electron chi connectivity index (χ2n) is 3.71. The molecule has 0 saturated carbocycles. The maximum atomic E-state index is 11.6. The summed E-state index contributed by atoms with van der Waals surface area (Å²) in [5.41, 5.74) is 5.77. The van der Waals surface area contributed by atoms with E-state index in [4.69, 9.17) is 10.2 Å². The first-order valence-corrected chi connectivity index (χ1v) is 5.20. The fourth-order valence-electron chi connectivity index (χ4n) is 1.22. The van der Waals surface area contributed by atoms with E-state index in [0.717, 1.165) is 12.2 Å². The molecule has 92 valence electrons. The Hall–Kier alpha value is -1.00. The lowest BCUT2D eigenvalue weighted by Gasteiger charge is -2.17. The molecule has 1 amide bonds. The van der Waals surface area contributed by atoms with Crippen LogP contribution in [0.15, 0.2) is 22.8 Å². The number of nitrogens with one attached hydrogen (secondary N) is 1. The third kappa shape index (κ3) is 4.24. The molecule has 0 saturated heterocycles. The molecule has 0 spiro atoms. The van der Waals surface area contributed by atoms with Crippen LogP contribution in [-0.2, 0) is 11.3 Å². The van der Waals surface area contributed by atoms with Gasteiger partial charge < -0.3 is 15.5 Å². The fourth-order valence-corrected chi connectivity index (χ4v) is 1.22. The van der Waals surface area contributed by atoms with E-state index in [2.05, 4.69) is 5.32 Å². The summed E-state index contributed by atoms with van der Waals surface area (Å²) in [5, 5.41) is 2.74. The Morgan fingerprint density at radius 2 is 2.31 bits per heavy atom. The van der Waals surface area contributed by atoms with Gasteiger partial charge in [0.1, 0.15) is 5.76 Å². The van der Waals surface area contributed by atoms with E-state index in [1.165, 1.54) is 0 Å². The van der Waals surface area contributed by atoms with Gasteiger partial charge in [-0.1, -0.05) is 20.3 Å². The number of rotatable bonds is 5. The molecule has 0 fully saturated rings. The summed E-state index contributed by atoms with van der Waals surface area (Å²) in [6.45, 7) is 4.39. The maximum Gasteiger partial charge on any atom is 0.237 e. The Kier molecular flexibility index (Phi) is 6.85. The van der Waals surface area contributed by atoms with Crippen molar-refractivity contribution in [3.05, 3.63) is 24.2 Å². The van der Waals surface area contributed by atoms with E-state index in [0.29, 0.717) is 6.54 Å². The predicted molar refractivity (Wildman–Crippen MR) is 65.2 cm³/mol. The zero-order valence-electron chi connectivity index (χ0n) is 9.60. The standard InChI is InChI=1S/C11H18N2O2.ClH/c1-3-8(2)10(12)11(14)13-7-9-5-4-6-15-9;/h4-6,8,10H,3,7,12H2,1-2H3,(H,13,14);1H. The fraction of sp³-hybridized carbons (Fsp3) is 0.545.